The summed E-state index contributed by atoms with van der Waals surface area (Å²) in [6.07, 6.45) is 8.11. The van der Waals surface area contributed by atoms with Crippen LogP contribution in [0.3, 0.4) is 0 Å². The summed E-state index contributed by atoms with van der Waals surface area (Å²) in [4.78, 5) is 13.1. The van der Waals surface area contributed by atoms with Gasteiger partial charge in [0.25, 0.3) is 0 Å². The highest BCUT2D eigenvalue weighted by Gasteiger charge is 2.14. The van der Waals surface area contributed by atoms with E-state index in [1.807, 2.05) is 25.5 Å². The highest BCUT2D eigenvalue weighted by atomic mass is 15.0. The summed E-state index contributed by atoms with van der Waals surface area (Å²) in [5.41, 5.74) is 3.07. The van der Waals surface area contributed by atoms with Gasteiger partial charge in [0.2, 0.25) is 0 Å². The molecule has 0 aliphatic heterocycles. The van der Waals surface area contributed by atoms with Crippen LogP contribution in [0.15, 0.2) is 43.0 Å². The molecule has 5 heteroatoms. The van der Waals surface area contributed by atoms with Gasteiger partial charge >= 0.3 is 0 Å². The van der Waals surface area contributed by atoms with Gasteiger partial charge in [-0.25, -0.2) is 4.98 Å². The minimum atomic E-state index is 0.225. The minimum Gasteiger partial charge on any atom is -0.338 e. The van der Waals surface area contributed by atoms with E-state index in [-0.39, 0.29) is 6.04 Å². The van der Waals surface area contributed by atoms with Crippen molar-refractivity contribution in [1.29, 1.82) is 0 Å². The van der Waals surface area contributed by atoms with Crippen LogP contribution in [0.1, 0.15) is 24.4 Å². The fourth-order valence-corrected chi connectivity index (χ4v) is 2.53. The van der Waals surface area contributed by atoms with Crippen molar-refractivity contribution in [2.45, 2.75) is 19.4 Å². The summed E-state index contributed by atoms with van der Waals surface area (Å²) in [6.45, 7) is 3.03. The van der Waals surface area contributed by atoms with Crippen LogP contribution >= 0.6 is 0 Å². The number of imidazole rings is 1. The summed E-state index contributed by atoms with van der Waals surface area (Å²) in [6, 6.07) is 6.48. The monoisotopic (exact) mass is 281 g/mol. The van der Waals surface area contributed by atoms with E-state index in [4.69, 9.17) is 0 Å². The van der Waals surface area contributed by atoms with Gasteiger partial charge in [0.15, 0.2) is 0 Å². The number of rotatable bonds is 5. The van der Waals surface area contributed by atoms with Crippen LogP contribution in [0, 0.1) is 0 Å². The van der Waals surface area contributed by atoms with Gasteiger partial charge in [-0.05, 0) is 24.2 Å². The van der Waals surface area contributed by atoms with Gasteiger partial charge in [-0.2, -0.15) is 0 Å². The van der Waals surface area contributed by atoms with Crippen molar-refractivity contribution in [3.05, 3.63) is 54.4 Å². The molecule has 0 spiro atoms. The van der Waals surface area contributed by atoms with E-state index < -0.39 is 0 Å². The SMILES string of the molecule is CCNC(Cc1nccn1C)c1ccc2nccnc2c1. The van der Waals surface area contributed by atoms with E-state index in [0.29, 0.717) is 0 Å². The van der Waals surface area contributed by atoms with Crippen LogP contribution in [0.25, 0.3) is 11.0 Å². The molecule has 2 aromatic heterocycles. The summed E-state index contributed by atoms with van der Waals surface area (Å²) < 4.78 is 2.06. The number of aromatic nitrogens is 4. The molecule has 21 heavy (non-hydrogen) atoms. The van der Waals surface area contributed by atoms with Gasteiger partial charge in [0, 0.05) is 44.3 Å². The molecule has 0 saturated carbocycles. The highest BCUT2D eigenvalue weighted by molar-refractivity contribution is 5.74. The normalized spacial score (nSPS) is 12.7. The average molecular weight is 281 g/mol. The van der Waals surface area contributed by atoms with E-state index >= 15 is 0 Å². The number of nitrogens with one attached hydrogen (secondary N) is 1. The molecule has 1 aromatic carbocycles. The second kappa shape index (κ2) is 6.01. The number of likely N-dealkylation sites (N-methyl/N-ethyl adjacent to an activating group) is 1. The fraction of sp³-hybridized carbons (Fsp3) is 0.312. The molecule has 0 aliphatic carbocycles. The Balaban J connectivity index is 1.93. The Bertz CT molecular complexity index is 734. The molecule has 5 nitrogen and oxygen atoms in total. The van der Waals surface area contributed by atoms with Crippen LogP contribution in [-0.4, -0.2) is 26.1 Å². The van der Waals surface area contributed by atoms with Crippen LogP contribution in [0.2, 0.25) is 0 Å². The lowest BCUT2D eigenvalue weighted by Crippen LogP contribution is -2.24. The number of hydrogen-bond acceptors (Lipinski definition) is 4. The zero-order chi connectivity index (χ0) is 14.7. The van der Waals surface area contributed by atoms with Crippen LogP contribution in [0.4, 0.5) is 0 Å². The van der Waals surface area contributed by atoms with Crippen molar-refractivity contribution in [3.8, 4) is 0 Å². The molecule has 0 saturated heterocycles. The first-order chi connectivity index (χ1) is 10.3. The molecule has 0 fully saturated rings. The van der Waals surface area contributed by atoms with E-state index in [9.17, 15) is 0 Å². The third kappa shape index (κ3) is 2.92. The molecule has 2 heterocycles. The molecule has 0 amide bonds. The molecule has 0 radical (unpaired) electrons. The van der Waals surface area contributed by atoms with Gasteiger partial charge in [0.1, 0.15) is 5.82 Å². The van der Waals surface area contributed by atoms with Crippen molar-refractivity contribution in [1.82, 2.24) is 24.8 Å². The lowest BCUT2D eigenvalue weighted by molar-refractivity contribution is 0.529. The smallest absolute Gasteiger partial charge is 0.110 e. The number of fused-ring (bicyclic) bond motifs is 1. The van der Waals surface area contributed by atoms with Gasteiger partial charge in [-0.3, -0.25) is 9.97 Å². The number of nitrogens with zero attached hydrogens (tertiary/aromatic N) is 4. The van der Waals surface area contributed by atoms with Crippen molar-refractivity contribution >= 4 is 11.0 Å². The largest absolute Gasteiger partial charge is 0.338 e. The molecule has 0 aliphatic rings. The lowest BCUT2D eigenvalue weighted by atomic mass is 10.0. The summed E-state index contributed by atoms with van der Waals surface area (Å²) >= 11 is 0. The standard InChI is InChI=1S/C16H19N5/c1-3-17-14(11-16-20-8-9-21(16)2)12-4-5-13-15(10-12)19-7-6-18-13/h4-10,14,17H,3,11H2,1-2H3. The number of benzene rings is 1. The summed E-state index contributed by atoms with van der Waals surface area (Å²) in [7, 11) is 2.03. The van der Waals surface area contributed by atoms with Crippen LogP contribution in [-0.2, 0) is 13.5 Å². The molecule has 0 bridgehead atoms. The molecule has 108 valence electrons. The van der Waals surface area contributed by atoms with E-state index in [2.05, 4.69) is 43.9 Å². The fourth-order valence-electron chi connectivity index (χ4n) is 2.53. The third-order valence-electron chi connectivity index (χ3n) is 3.65. The van der Waals surface area contributed by atoms with E-state index in [1.54, 1.807) is 12.4 Å². The Hall–Kier alpha value is -2.27. The quantitative estimate of drug-likeness (QED) is 0.779. The maximum atomic E-state index is 4.42. The third-order valence-corrected chi connectivity index (χ3v) is 3.65. The molecule has 1 unspecified atom stereocenters. The van der Waals surface area contributed by atoms with Gasteiger partial charge < -0.3 is 9.88 Å². The lowest BCUT2D eigenvalue weighted by Gasteiger charge is -2.18. The van der Waals surface area contributed by atoms with E-state index in [0.717, 1.165) is 29.8 Å². The molecule has 3 aromatic rings. The average Bonchev–Trinajstić information content (AvgIpc) is 2.91. The maximum Gasteiger partial charge on any atom is 0.110 e. The first-order valence-corrected chi connectivity index (χ1v) is 7.18. The number of hydrogen-bond donors (Lipinski definition) is 1. The first kappa shape index (κ1) is 13.7. The predicted octanol–water partition coefficient (Wildman–Crippen LogP) is 2.26. The maximum absolute atomic E-state index is 4.42. The summed E-state index contributed by atoms with van der Waals surface area (Å²) in [5.74, 6) is 1.07. The predicted molar refractivity (Wildman–Crippen MR) is 82.9 cm³/mol. The zero-order valence-corrected chi connectivity index (χ0v) is 12.3. The van der Waals surface area contributed by atoms with E-state index in [1.165, 1.54) is 5.56 Å². The van der Waals surface area contributed by atoms with Crippen LogP contribution < -0.4 is 5.32 Å². The van der Waals surface area contributed by atoms with Crippen molar-refractivity contribution in [3.63, 3.8) is 0 Å². The Morgan fingerprint density at radius 3 is 2.62 bits per heavy atom. The first-order valence-electron chi connectivity index (χ1n) is 7.18. The Morgan fingerprint density at radius 2 is 1.90 bits per heavy atom. The molecule has 3 rings (SSSR count). The molecule has 1 N–H and O–H groups in total. The van der Waals surface area contributed by atoms with Crippen molar-refractivity contribution in [2.75, 3.05) is 6.54 Å². The van der Waals surface area contributed by atoms with Crippen LogP contribution in [0.5, 0.6) is 0 Å². The molecular formula is C16H19N5. The number of aryl methyl sites for hydroxylation is 1. The Morgan fingerprint density at radius 1 is 1.10 bits per heavy atom. The van der Waals surface area contributed by atoms with Crippen molar-refractivity contribution < 1.29 is 0 Å². The van der Waals surface area contributed by atoms with Gasteiger partial charge in [-0.15, -0.1) is 0 Å². The second-order valence-corrected chi connectivity index (χ2v) is 5.07. The molecule has 1 atom stereocenters. The van der Waals surface area contributed by atoms with Crippen molar-refractivity contribution in [2.24, 2.45) is 7.05 Å². The van der Waals surface area contributed by atoms with Gasteiger partial charge in [0.05, 0.1) is 11.0 Å². The summed E-state index contributed by atoms with van der Waals surface area (Å²) in [5, 5.41) is 3.53. The second-order valence-electron chi connectivity index (χ2n) is 5.07. The Kier molecular flexibility index (Phi) is 3.92. The zero-order valence-electron chi connectivity index (χ0n) is 12.3. The van der Waals surface area contributed by atoms with Gasteiger partial charge in [-0.1, -0.05) is 13.0 Å². The highest BCUT2D eigenvalue weighted by Crippen LogP contribution is 2.20. The topological polar surface area (TPSA) is 55.6 Å². The minimum absolute atomic E-state index is 0.225. The Labute approximate surface area is 124 Å². The molecular weight excluding hydrogens is 262 g/mol.